The van der Waals surface area contributed by atoms with Gasteiger partial charge in [0.15, 0.2) is 0 Å². The molecule has 0 saturated heterocycles. The quantitative estimate of drug-likeness (QED) is 0.857. The summed E-state index contributed by atoms with van der Waals surface area (Å²) >= 11 is 3.24. The van der Waals surface area contributed by atoms with Crippen LogP contribution >= 0.6 is 15.9 Å². The van der Waals surface area contributed by atoms with E-state index < -0.39 is 11.9 Å². The largest absolute Gasteiger partial charge is 0.481 e. The third kappa shape index (κ3) is 3.63. The van der Waals surface area contributed by atoms with Crippen LogP contribution in [-0.2, 0) is 4.79 Å². The molecule has 0 radical (unpaired) electrons. The number of hydrogen-bond acceptors (Lipinski definition) is 2. The standard InChI is InChI=1S/C11H14BrNO2/c1-7(2)6-8(11(14)15)9-4-3-5-10(12)13-9/h3-5,7-8H,6H2,1-2H3,(H,14,15). The molecular weight excluding hydrogens is 258 g/mol. The van der Waals surface area contributed by atoms with Crippen molar-refractivity contribution in [1.29, 1.82) is 0 Å². The highest BCUT2D eigenvalue weighted by Crippen LogP contribution is 2.23. The van der Waals surface area contributed by atoms with E-state index >= 15 is 0 Å². The lowest BCUT2D eigenvalue weighted by Crippen LogP contribution is -2.15. The summed E-state index contributed by atoms with van der Waals surface area (Å²) in [5.74, 6) is -0.983. The summed E-state index contributed by atoms with van der Waals surface area (Å²) in [6, 6.07) is 5.35. The number of carboxylic acid groups (broad SMARTS) is 1. The Labute approximate surface area is 97.7 Å². The van der Waals surface area contributed by atoms with Crippen LogP contribution < -0.4 is 0 Å². The summed E-state index contributed by atoms with van der Waals surface area (Å²) < 4.78 is 0.676. The molecule has 1 atom stereocenters. The van der Waals surface area contributed by atoms with Crippen molar-refractivity contribution in [2.24, 2.45) is 5.92 Å². The summed E-state index contributed by atoms with van der Waals surface area (Å²) in [6.07, 6.45) is 0.610. The molecule has 3 nitrogen and oxygen atoms in total. The van der Waals surface area contributed by atoms with Crippen LogP contribution in [0.25, 0.3) is 0 Å². The van der Waals surface area contributed by atoms with Crippen molar-refractivity contribution in [1.82, 2.24) is 4.98 Å². The van der Waals surface area contributed by atoms with Crippen molar-refractivity contribution in [3.63, 3.8) is 0 Å². The predicted octanol–water partition coefficient (Wildman–Crippen LogP) is 3.06. The molecule has 0 spiro atoms. The number of nitrogens with zero attached hydrogens (tertiary/aromatic N) is 1. The first-order valence-corrected chi connectivity index (χ1v) is 5.65. The molecule has 1 unspecified atom stereocenters. The molecule has 0 amide bonds. The number of carbonyl (C=O) groups is 1. The van der Waals surface area contributed by atoms with Gasteiger partial charge in [-0.2, -0.15) is 0 Å². The van der Waals surface area contributed by atoms with Crippen LogP contribution in [0.4, 0.5) is 0 Å². The average Bonchev–Trinajstić information content (AvgIpc) is 2.13. The van der Waals surface area contributed by atoms with E-state index in [-0.39, 0.29) is 0 Å². The van der Waals surface area contributed by atoms with Gasteiger partial charge >= 0.3 is 5.97 Å². The first-order valence-electron chi connectivity index (χ1n) is 4.86. The summed E-state index contributed by atoms with van der Waals surface area (Å²) in [4.78, 5) is 15.3. The van der Waals surface area contributed by atoms with Crippen LogP contribution in [0.2, 0.25) is 0 Å². The molecule has 0 aromatic carbocycles. The average molecular weight is 272 g/mol. The van der Waals surface area contributed by atoms with Gasteiger partial charge in [0.2, 0.25) is 0 Å². The van der Waals surface area contributed by atoms with E-state index in [4.69, 9.17) is 5.11 Å². The number of pyridine rings is 1. The summed E-state index contributed by atoms with van der Waals surface area (Å²) in [6.45, 7) is 4.02. The molecule has 0 aliphatic heterocycles. The predicted molar refractivity (Wildman–Crippen MR) is 61.8 cm³/mol. The lowest BCUT2D eigenvalue weighted by molar-refractivity contribution is -0.139. The van der Waals surface area contributed by atoms with Crippen molar-refractivity contribution >= 4 is 21.9 Å². The van der Waals surface area contributed by atoms with Crippen molar-refractivity contribution in [2.75, 3.05) is 0 Å². The zero-order valence-electron chi connectivity index (χ0n) is 8.77. The third-order valence-electron chi connectivity index (χ3n) is 2.10. The topological polar surface area (TPSA) is 50.2 Å². The third-order valence-corrected chi connectivity index (χ3v) is 2.54. The van der Waals surface area contributed by atoms with E-state index in [2.05, 4.69) is 20.9 Å². The van der Waals surface area contributed by atoms with Crippen molar-refractivity contribution in [2.45, 2.75) is 26.2 Å². The molecule has 0 saturated carbocycles. The maximum absolute atomic E-state index is 11.1. The fourth-order valence-corrected chi connectivity index (χ4v) is 1.79. The maximum atomic E-state index is 11.1. The first kappa shape index (κ1) is 12.2. The number of aromatic nitrogens is 1. The van der Waals surface area contributed by atoms with Crippen LogP contribution in [-0.4, -0.2) is 16.1 Å². The van der Waals surface area contributed by atoms with Crippen molar-refractivity contribution in [3.05, 3.63) is 28.5 Å². The van der Waals surface area contributed by atoms with Crippen LogP contribution in [0, 0.1) is 5.92 Å². The smallest absolute Gasteiger partial charge is 0.312 e. The van der Waals surface area contributed by atoms with Gasteiger partial charge in [-0.05, 0) is 40.4 Å². The molecular formula is C11H14BrNO2. The van der Waals surface area contributed by atoms with Crippen LogP contribution in [0.5, 0.6) is 0 Å². The molecule has 0 aliphatic carbocycles. The van der Waals surface area contributed by atoms with Gasteiger partial charge < -0.3 is 5.11 Å². The molecule has 0 fully saturated rings. The van der Waals surface area contributed by atoms with Crippen molar-refractivity contribution in [3.8, 4) is 0 Å². The molecule has 0 bridgehead atoms. The molecule has 1 aromatic heterocycles. The molecule has 1 rings (SSSR count). The van der Waals surface area contributed by atoms with E-state index in [1.54, 1.807) is 12.1 Å². The Balaban J connectivity index is 2.94. The van der Waals surface area contributed by atoms with Gasteiger partial charge in [0.1, 0.15) is 4.60 Å². The second-order valence-corrected chi connectivity index (χ2v) is 4.72. The summed E-state index contributed by atoms with van der Waals surface area (Å²) in [7, 11) is 0. The Hall–Kier alpha value is -0.900. The van der Waals surface area contributed by atoms with Gasteiger partial charge in [-0.3, -0.25) is 4.79 Å². The second kappa shape index (κ2) is 5.26. The molecule has 1 aromatic rings. The van der Waals surface area contributed by atoms with E-state index in [1.165, 1.54) is 0 Å². The number of carboxylic acids is 1. The lowest BCUT2D eigenvalue weighted by Gasteiger charge is -2.14. The minimum Gasteiger partial charge on any atom is -0.481 e. The first-order chi connectivity index (χ1) is 7.00. The summed E-state index contributed by atoms with van der Waals surface area (Å²) in [5, 5.41) is 9.11. The molecule has 1 heterocycles. The van der Waals surface area contributed by atoms with Gasteiger partial charge in [-0.25, -0.2) is 4.98 Å². The minimum atomic E-state index is -0.811. The molecule has 1 N–H and O–H groups in total. The second-order valence-electron chi connectivity index (χ2n) is 3.91. The highest BCUT2D eigenvalue weighted by molar-refractivity contribution is 9.10. The Bertz CT molecular complexity index is 352. The van der Waals surface area contributed by atoms with Gasteiger partial charge in [0.05, 0.1) is 11.6 Å². The van der Waals surface area contributed by atoms with Crippen LogP contribution in [0.1, 0.15) is 31.9 Å². The lowest BCUT2D eigenvalue weighted by atomic mass is 9.94. The molecule has 82 valence electrons. The van der Waals surface area contributed by atoms with Crippen LogP contribution in [0.15, 0.2) is 22.8 Å². The Kier molecular flexibility index (Phi) is 4.27. The van der Waals surface area contributed by atoms with Gasteiger partial charge in [-0.1, -0.05) is 19.9 Å². The van der Waals surface area contributed by atoms with Gasteiger partial charge in [-0.15, -0.1) is 0 Å². The molecule has 15 heavy (non-hydrogen) atoms. The fourth-order valence-electron chi connectivity index (χ4n) is 1.44. The normalized spacial score (nSPS) is 12.8. The SMILES string of the molecule is CC(C)CC(C(=O)O)c1cccc(Br)n1. The van der Waals surface area contributed by atoms with E-state index in [9.17, 15) is 4.79 Å². The maximum Gasteiger partial charge on any atom is 0.312 e. The monoisotopic (exact) mass is 271 g/mol. The number of halogens is 1. The van der Waals surface area contributed by atoms with Crippen LogP contribution in [0.3, 0.4) is 0 Å². The Morgan fingerprint density at radius 1 is 1.53 bits per heavy atom. The van der Waals surface area contributed by atoms with E-state index in [1.807, 2.05) is 19.9 Å². The van der Waals surface area contributed by atoms with Gasteiger partial charge in [0, 0.05) is 0 Å². The highest BCUT2D eigenvalue weighted by atomic mass is 79.9. The number of hydrogen-bond donors (Lipinski definition) is 1. The fraction of sp³-hybridized carbons (Fsp3) is 0.455. The minimum absolute atomic E-state index is 0.340. The number of aliphatic carboxylic acids is 1. The zero-order valence-corrected chi connectivity index (χ0v) is 10.4. The Morgan fingerprint density at radius 2 is 2.20 bits per heavy atom. The zero-order chi connectivity index (χ0) is 11.4. The summed E-state index contributed by atoms with van der Waals surface area (Å²) in [5.41, 5.74) is 0.616. The molecule has 4 heteroatoms. The highest BCUT2D eigenvalue weighted by Gasteiger charge is 2.22. The Morgan fingerprint density at radius 3 is 2.67 bits per heavy atom. The number of rotatable bonds is 4. The van der Waals surface area contributed by atoms with E-state index in [0.717, 1.165) is 0 Å². The van der Waals surface area contributed by atoms with E-state index in [0.29, 0.717) is 22.6 Å². The molecule has 0 aliphatic rings. The van der Waals surface area contributed by atoms with Crippen molar-refractivity contribution < 1.29 is 9.90 Å². The van der Waals surface area contributed by atoms with Gasteiger partial charge in [0.25, 0.3) is 0 Å².